The lowest BCUT2D eigenvalue weighted by Gasteiger charge is -2.21. The predicted octanol–water partition coefficient (Wildman–Crippen LogP) is 3.10. The summed E-state index contributed by atoms with van der Waals surface area (Å²) in [5, 5.41) is 7.28. The van der Waals surface area contributed by atoms with E-state index in [2.05, 4.69) is 10.4 Å². The lowest BCUT2D eigenvalue weighted by Crippen LogP contribution is -2.27. The molecule has 0 saturated carbocycles. The SMILES string of the molecule is CCCNC(c1c(F)ccc(C)c1F)c1ccnn1C. The normalized spacial score (nSPS) is 12.7. The van der Waals surface area contributed by atoms with Gasteiger partial charge in [0.25, 0.3) is 0 Å². The highest BCUT2D eigenvalue weighted by atomic mass is 19.1. The van der Waals surface area contributed by atoms with E-state index in [1.54, 1.807) is 30.9 Å². The van der Waals surface area contributed by atoms with Gasteiger partial charge in [-0.1, -0.05) is 13.0 Å². The van der Waals surface area contributed by atoms with Crippen molar-refractivity contribution < 1.29 is 8.78 Å². The van der Waals surface area contributed by atoms with Gasteiger partial charge in [0.1, 0.15) is 11.6 Å². The molecule has 2 aromatic rings. The average molecular weight is 279 g/mol. The number of aryl methyl sites for hydroxylation is 2. The maximum atomic E-state index is 14.4. The number of nitrogens with one attached hydrogen (secondary N) is 1. The maximum absolute atomic E-state index is 14.4. The molecule has 0 spiro atoms. The van der Waals surface area contributed by atoms with Gasteiger partial charge in [-0.05, 0) is 37.6 Å². The standard InChI is InChI=1S/C15H19F2N3/c1-4-8-18-15(12-7-9-19-20(12)3)13-11(16)6-5-10(2)14(13)17/h5-7,9,15,18H,4,8H2,1-3H3. The summed E-state index contributed by atoms with van der Waals surface area (Å²) in [4.78, 5) is 0. The first-order chi connectivity index (χ1) is 9.56. The Morgan fingerprint density at radius 1 is 1.30 bits per heavy atom. The van der Waals surface area contributed by atoms with Crippen molar-refractivity contribution in [2.45, 2.75) is 26.3 Å². The molecule has 0 amide bonds. The van der Waals surface area contributed by atoms with Gasteiger partial charge < -0.3 is 5.32 Å². The molecule has 0 radical (unpaired) electrons. The summed E-state index contributed by atoms with van der Waals surface area (Å²) >= 11 is 0. The molecule has 3 nitrogen and oxygen atoms in total. The third-order valence-electron chi connectivity index (χ3n) is 3.36. The molecule has 0 saturated heterocycles. The van der Waals surface area contributed by atoms with Gasteiger partial charge in [-0.15, -0.1) is 0 Å². The molecule has 1 aromatic carbocycles. The Kier molecular flexibility index (Phi) is 4.49. The number of rotatable bonds is 5. The Hall–Kier alpha value is -1.75. The van der Waals surface area contributed by atoms with Crippen LogP contribution in [0.2, 0.25) is 0 Å². The van der Waals surface area contributed by atoms with Gasteiger partial charge in [-0.25, -0.2) is 8.78 Å². The van der Waals surface area contributed by atoms with Gasteiger partial charge >= 0.3 is 0 Å². The first-order valence-corrected chi connectivity index (χ1v) is 6.72. The number of halogens is 2. The Morgan fingerprint density at radius 3 is 2.65 bits per heavy atom. The van der Waals surface area contributed by atoms with E-state index in [4.69, 9.17) is 0 Å². The number of nitrogens with zero attached hydrogens (tertiary/aromatic N) is 2. The molecule has 5 heteroatoms. The summed E-state index contributed by atoms with van der Waals surface area (Å²) in [6.07, 6.45) is 2.50. The summed E-state index contributed by atoms with van der Waals surface area (Å²) in [6.45, 7) is 4.32. The lowest BCUT2D eigenvalue weighted by molar-refractivity contribution is 0.482. The summed E-state index contributed by atoms with van der Waals surface area (Å²) in [6, 6.07) is 4.00. The van der Waals surface area contributed by atoms with Crippen LogP contribution in [0, 0.1) is 18.6 Å². The van der Waals surface area contributed by atoms with Crippen LogP contribution in [0.15, 0.2) is 24.4 Å². The summed E-state index contributed by atoms with van der Waals surface area (Å²) in [5.41, 5.74) is 1.23. The van der Waals surface area contributed by atoms with Crippen molar-refractivity contribution in [2.75, 3.05) is 6.54 Å². The number of aromatic nitrogens is 2. The minimum Gasteiger partial charge on any atom is -0.305 e. The monoisotopic (exact) mass is 279 g/mol. The van der Waals surface area contributed by atoms with Crippen molar-refractivity contribution in [3.8, 4) is 0 Å². The molecular weight excluding hydrogens is 260 g/mol. The topological polar surface area (TPSA) is 29.9 Å². The first kappa shape index (κ1) is 14.7. The minimum absolute atomic E-state index is 0.0575. The molecule has 0 aliphatic carbocycles. The summed E-state index contributed by atoms with van der Waals surface area (Å²) < 4.78 is 30.1. The van der Waals surface area contributed by atoms with Crippen LogP contribution in [0.4, 0.5) is 8.78 Å². The predicted molar refractivity (Wildman–Crippen MR) is 74.4 cm³/mol. The molecule has 2 rings (SSSR count). The molecule has 0 aliphatic rings. The molecule has 1 atom stereocenters. The molecule has 0 fully saturated rings. The summed E-state index contributed by atoms with van der Waals surface area (Å²) in [5.74, 6) is -1.04. The van der Waals surface area contributed by atoms with Crippen molar-refractivity contribution in [1.29, 1.82) is 0 Å². The fourth-order valence-electron chi connectivity index (χ4n) is 2.25. The summed E-state index contributed by atoms with van der Waals surface area (Å²) in [7, 11) is 1.77. The van der Waals surface area contributed by atoms with Crippen LogP contribution in [0.3, 0.4) is 0 Å². The molecular formula is C15H19F2N3. The van der Waals surface area contributed by atoms with Gasteiger partial charge in [0.05, 0.1) is 11.7 Å². The quantitative estimate of drug-likeness (QED) is 0.911. The molecule has 1 N–H and O–H groups in total. The third kappa shape index (κ3) is 2.72. The highest BCUT2D eigenvalue weighted by molar-refractivity contribution is 5.34. The van der Waals surface area contributed by atoms with Gasteiger partial charge in [-0.3, -0.25) is 4.68 Å². The largest absolute Gasteiger partial charge is 0.305 e. The molecule has 1 aromatic heterocycles. The first-order valence-electron chi connectivity index (χ1n) is 6.72. The van der Waals surface area contributed by atoms with Crippen molar-refractivity contribution in [1.82, 2.24) is 15.1 Å². The molecule has 0 bridgehead atoms. The Balaban J connectivity index is 2.52. The smallest absolute Gasteiger partial charge is 0.134 e. The fraction of sp³-hybridized carbons (Fsp3) is 0.400. The van der Waals surface area contributed by atoms with Crippen LogP contribution in [0.5, 0.6) is 0 Å². The van der Waals surface area contributed by atoms with Crippen LogP contribution < -0.4 is 5.32 Å². The van der Waals surface area contributed by atoms with Gasteiger partial charge in [-0.2, -0.15) is 5.10 Å². The third-order valence-corrected chi connectivity index (χ3v) is 3.36. The van der Waals surface area contributed by atoms with Crippen LogP contribution in [-0.2, 0) is 7.05 Å². The molecule has 1 heterocycles. The van der Waals surface area contributed by atoms with Crippen molar-refractivity contribution in [3.63, 3.8) is 0 Å². The second kappa shape index (κ2) is 6.13. The lowest BCUT2D eigenvalue weighted by atomic mass is 9.99. The molecule has 1 unspecified atom stereocenters. The van der Waals surface area contributed by atoms with Crippen molar-refractivity contribution in [3.05, 3.63) is 52.9 Å². The number of hydrogen-bond donors (Lipinski definition) is 1. The van der Waals surface area contributed by atoms with E-state index in [1.165, 1.54) is 12.1 Å². The van der Waals surface area contributed by atoms with Crippen molar-refractivity contribution >= 4 is 0 Å². The van der Waals surface area contributed by atoms with Gasteiger partial charge in [0.2, 0.25) is 0 Å². The zero-order valence-corrected chi connectivity index (χ0v) is 12.0. The van der Waals surface area contributed by atoms with E-state index < -0.39 is 17.7 Å². The van der Waals surface area contributed by atoms with E-state index in [-0.39, 0.29) is 5.56 Å². The van der Waals surface area contributed by atoms with Gasteiger partial charge in [0, 0.05) is 18.8 Å². The highest BCUT2D eigenvalue weighted by Gasteiger charge is 2.24. The molecule has 108 valence electrons. The van der Waals surface area contributed by atoms with E-state index in [0.717, 1.165) is 12.1 Å². The van der Waals surface area contributed by atoms with E-state index in [1.807, 2.05) is 6.92 Å². The second-order valence-corrected chi connectivity index (χ2v) is 4.86. The Labute approximate surface area is 117 Å². The van der Waals surface area contributed by atoms with Crippen LogP contribution in [-0.4, -0.2) is 16.3 Å². The van der Waals surface area contributed by atoms with Crippen LogP contribution >= 0.6 is 0 Å². The number of benzene rings is 1. The van der Waals surface area contributed by atoms with Gasteiger partial charge in [0.15, 0.2) is 0 Å². The second-order valence-electron chi connectivity index (χ2n) is 4.86. The zero-order chi connectivity index (χ0) is 14.7. The van der Waals surface area contributed by atoms with Crippen LogP contribution in [0.25, 0.3) is 0 Å². The zero-order valence-electron chi connectivity index (χ0n) is 12.0. The van der Waals surface area contributed by atoms with Crippen molar-refractivity contribution in [2.24, 2.45) is 7.05 Å². The maximum Gasteiger partial charge on any atom is 0.134 e. The average Bonchev–Trinajstić information content (AvgIpc) is 2.84. The number of hydrogen-bond acceptors (Lipinski definition) is 2. The Bertz CT molecular complexity index is 593. The van der Waals surface area contributed by atoms with Crippen LogP contribution in [0.1, 0.15) is 36.2 Å². The molecule has 0 aliphatic heterocycles. The van der Waals surface area contributed by atoms with E-state index in [9.17, 15) is 8.78 Å². The van der Waals surface area contributed by atoms with E-state index >= 15 is 0 Å². The minimum atomic E-state index is -0.539. The fourth-order valence-corrected chi connectivity index (χ4v) is 2.25. The Morgan fingerprint density at radius 2 is 2.05 bits per heavy atom. The molecule has 20 heavy (non-hydrogen) atoms. The highest BCUT2D eigenvalue weighted by Crippen LogP contribution is 2.28. The van der Waals surface area contributed by atoms with E-state index in [0.29, 0.717) is 12.1 Å².